The third-order valence-electron chi connectivity index (χ3n) is 3.99. The number of hydrogen-bond donors (Lipinski definition) is 0. The normalized spacial score (nSPS) is 18.1. The van der Waals surface area contributed by atoms with Gasteiger partial charge in [0.05, 0.1) is 37.2 Å². The van der Waals surface area contributed by atoms with Crippen LogP contribution in [0.15, 0.2) is 33.1 Å². The van der Waals surface area contributed by atoms with Crippen LogP contribution in [-0.4, -0.2) is 49.1 Å². The fraction of sp³-hybridized carbons (Fsp3) is 0.444. The summed E-state index contributed by atoms with van der Waals surface area (Å²) < 4.78 is 9.89. The molecular weight excluding hydrogens is 354 g/mol. The highest BCUT2D eigenvalue weighted by molar-refractivity contribution is 8.14. The summed E-state index contributed by atoms with van der Waals surface area (Å²) >= 11 is 1.64. The van der Waals surface area contributed by atoms with Crippen molar-refractivity contribution in [3.8, 4) is 0 Å². The molecular formula is C18H21N3O4S. The highest BCUT2D eigenvalue weighted by Gasteiger charge is 2.34. The van der Waals surface area contributed by atoms with E-state index in [-0.39, 0.29) is 13.2 Å². The van der Waals surface area contributed by atoms with Gasteiger partial charge >= 0.3 is 11.9 Å². The number of benzene rings is 1. The summed E-state index contributed by atoms with van der Waals surface area (Å²) in [6.45, 7) is 6.65. The molecule has 0 amide bonds. The first-order chi connectivity index (χ1) is 12.5. The van der Waals surface area contributed by atoms with E-state index in [0.717, 1.165) is 22.3 Å². The monoisotopic (exact) mass is 375 g/mol. The van der Waals surface area contributed by atoms with E-state index in [1.54, 1.807) is 25.6 Å². The molecule has 0 fully saturated rings. The molecule has 1 unspecified atom stereocenters. The fourth-order valence-corrected chi connectivity index (χ4v) is 3.89. The third kappa shape index (κ3) is 3.60. The molecule has 8 heteroatoms. The molecule has 1 atom stereocenters. The molecule has 0 bridgehead atoms. The Morgan fingerprint density at radius 2 is 2.04 bits per heavy atom. The number of aliphatic imine (C=N–C) groups is 2. The molecule has 0 spiro atoms. The average Bonchev–Trinajstić information content (AvgIpc) is 3.15. The maximum Gasteiger partial charge on any atom is 0.325 e. The number of hydrogen-bond acceptors (Lipinski definition) is 8. The Labute approximate surface area is 156 Å². The molecule has 3 rings (SSSR count). The second-order valence-electron chi connectivity index (χ2n) is 5.86. The molecule has 0 aromatic heterocycles. The van der Waals surface area contributed by atoms with Crippen molar-refractivity contribution in [3.05, 3.63) is 18.2 Å². The number of rotatable bonds is 6. The molecule has 7 nitrogen and oxygen atoms in total. The zero-order chi connectivity index (χ0) is 18.7. The fourth-order valence-electron chi connectivity index (χ4n) is 2.78. The molecule has 2 aliphatic heterocycles. The van der Waals surface area contributed by atoms with E-state index < -0.39 is 17.9 Å². The van der Waals surface area contributed by atoms with Crippen LogP contribution in [0.1, 0.15) is 20.8 Å². The van der Waals surface area contributed by atoms with E-state index in [2.05, 4.69) is 21.8 Å². The van der Waals surface area contributed by atoms with Crippen molar-refractivity contribution in [2.24, 2.45) is 15.9 Å². The Morgan fingerprint density at radius 1 is 1.35 bits per heavy atom. The maximum atomic E-state index is 12.0. The maximum absolute atomic E-state index is 12.0. The van der Waals surface area contributed by atoms with Gasteiger partial charge in [-0.25, -0.2) is 0 Å². The Hall–Kier alpha value is -2.35. The summed E-state index contributed by atoms with van der Waals surface area (Å²) in [7, 11) is 0. The van der Waals surface area contributed by atoms with Gasteiger partial charge in [0.1, 0.15) is 0 Å². The van der Waals surface area contributed by atoms with E-state index in [1.165, 1.54) is 6.21 Å². The second-order valence-corrected chi connectivity index (χ2v) is 6.87. The van der Waals surface area contributed by atoms with Crippen molar-refractivity contribution in [1.82, 2.24) is 0 Å². The minimum Gasteiger partial charge on any atom is -0.465 e. The predicted molar refractivity (Wildman–Crippen MR) is 101 cm³/mol. The molecule has 0 radical (unpaired) electrons. The van der Waals surface area contributed by atoms with Crippen LogP contribution in [0.2, 0.25) is 0 Å². The lowest BCUT2D eigenvalue weighted by Crippen LogP contribution is -2.30. The number of nitrogens with zero attached hydrogens (tertiary/aromatic N) is 3. The first-order valence-corrected chi connectivity index (χ1v) is 9.39. The molecule has 0 N–H and O–H groups in total. The molecule has 26 heavy (non-hydrogen) atoms. The van der Waals surface area contributed by atoms with E-state index >= 15 is 0 Å². The lowest BCUT2D eigenvalue weighted by molar-refractivity contribution is -0.157. The third-order valence-corrected chi connectivity index (χ3v) is 5.07. The SMILES string of the molecule is CCOC(=O)C(C=Nc1ccc2c(c1)N1C(=NCC1C)S2)C(=O)OCC. The van der Waals surface area contributed by atoms with Gasteiger partial charge in [-0.05, 0) is 50.7 Å². The smallest absolute Gasteiger partial charge is 0.325 e. The molecule has 2 aliphatic rings. The first kappa shape index (κ1) is 18.4. The number of carbonyl (C=O) groups is 2. The zero-order valence-corrected chi connectivity index (χ0v) is 15.8. The summed E-state index contributed by atoms with van der Waals surface area (Å²) in [5, 5.41) is 1.00. The van der Waals surface area contributed by atoms with Crippen LogP contribution in [0.25, 0.3) is 0 Å². The predicted octanol–water partition coefficient (Wildman–Crippen LogP) is 2.80. The van der Waals surface area contributed by atoms with Crippen LogP contribution in [0.3, 0.4) is 0 Å². The van der Waals surface area contributed by atoms with Crippen molar-refractivity contribution in [3.63, 3.8) is 0 Å². The highest BCUT2D eigenvalue weighted by atomic mass is 32.2. The molecule has 0 saturated heterocycles. The van der Waals surface area contributed by atoms with Gasteiger partial charge in [-0.1, -0.05) is 0 Å². The zero-order valence-electron chi connectivity index (χ0n) is 15.0. The van der Waals surface area contributed by atoms with Gasteiger partial charge in [0.2, 0.25) is 0 Å². The standard InChI is InChI=1S/C18H21N3O4S/c1-4-24-16(22)13(17(23)25-5-2)10-19-12-6-7-15-14(8-12)21-11(3)9-20-18(21)26-15/h6-8,10-11,13H,4-5,9H2,1-3H3. The molecule has 138 valence electrons. The molecule has 2 heterocycles. The number of esters is 2. The molecule has 1 aromatic carbocycles. The van der Waals surface area contributed by atoms with Gasteiger partial charge in [-0.2, -0.15) is 0 Å². The largest absolute Gasteiger partial charge is 0.465 e. The molecule has 1 aromatic rings. The van der Waals surface area contributed by atoms with Crippen molar-refractivity contribution < 1.29 is 19.1 Å². The van der Waals surface area contributed by atoms with E-state index in [9.17, 15) is 9.59 Å². The summed E-state index contributed by atoms with van der Waals surface area (Å²) in [6.07, 6.45) is 1.29. The van der Waals surface area contributed by atoms with E-state index in [1.807, 2.05) is 18.2 Å². The van der Waals surface area contributed by atoms with Crippen molar-refractivity contribution in [2.45, 2.75) is 31.7 Å². The Morgan fingerprint density at radius 3 is 2.69 bits per heavy atom. The van der Waals surface area contributed by atoms with Crippen molar-refractivity contribution in [2.75, 3.05) is 24.7 Å². The summed E-state index contributed by atoms with van der Waals surface area (Å²) in [5.74, 6) is -2.48. The van der Waals surface area contributed by atoms with Crippen LogP contribution in [0, 0.1) is 5.92 Å². The van der Waals surface area contributed by atoms with Crippen LogP contribution in [0.5, 0.6) is 0 Å². The Bertz CT molecular complexity index is 760. The van der Waals surface area contributed by atoms with Crippen molar-refractivity contribution >= 4 is 46.5 Å². The van der Waals surface area contributed by atoms with Gasteiger partial charge in [0, 0.05) is 11.1 Å². The van der Waals surface area contributed by atoms with Gasteiger partial charge in [-0.15, -0.1) is 0 Å². The van der Waals surface area contributed by atoms with Crippen LogP contribution < -0.4 is 4.90 Å². The lowest BCUT2D eigenvalue weighted by Gasteiger charge is -2.19. The van der Waals surface area contributed by atoms with E-state index in [0.29, 0.717) is 11.7 Å². The lowest BCUT2D eigenvalue weighted by atomic mass is 10.1. The summed E-state index contributed by atoms with van der Waals surface area (Å²) in [6, 6.07) is 6.08. The highest BCUT2D eigenvalue weighted by Crippen LogP contribution is 2.45. The Balaban J connectivity index is 1.82. The number of thioether (sulfide) groups is 1. The molecule has 0 saturated carbocycles. The molecule has 0 aliphatic carbocycles. The minimum absolute atomic E-state index is 0.188. The number of ether oxygens (including phenoxy) is 2. The van der Waals surface area contributed by atoms with Crippen LogP contribution >= 0.6 is 11.8 Å². The van der Waals surface area contributed by atoms with Gasteiger partial charge in [-0.3, -0.25) is 19.6 Å². The van der Waals surface area contributed by atoms with Crippen molar-refractivity contribution in [1.29, 1.82) is 0 Å². The number of anilines is 1. The number of carbonyl (C=O) groups excluding carboxylic acids is 2. The summed E-state index contributed by atoms with van der Waals surface area (Å²) in [4.78, 5) is 36.2. The van der Waals surface area contributed by atoms with Gasteiger partial charge < -0.3 is 14.4 Å². The number of amidine groups is 1. The van der Waals surface area contributed by atoms with Gasteiger partial charge in [0.25, 0.3) is 0 Å². The first-order valence-electron chi connectivity index (χ1n) is 8.58. The Kier molecular flexibility index (Phi) is 5.61. The average molecular weight is 375 g/mol. The summed E-state index contributed by atoms with van der Waals surface area (Å²) in [5.41, 5.74) is 1.71. The number of fused-ring (bicyclic) bond motifs is 3. The van der Waals surface area contributed by atoms with Crippen LogP contribution in [0.4, 0.5) is 11.4 Å². The van der Waals surface area contributed by atoms with Crippen LogP contribution in [-0.2, 0) is 19.1 Å². The minimum atomic E-state index is -1.17. The van der Waals surface area contributed by atoms with E-state index in [4.69, 9.17) is 9.47 Å². The van der Waals surface area contributed by atoms with Gasteiger partial charge in [0.15, 0.2) is 11.1 Å². The second kappa shape index (κ2) is 7.90. The quantitative estimate of drug-likeness (QED) is 0.432. The topological polar surface area (TPSA) is 80.6 Å².